The molecule has 1 aromatic carbocycles. The van der Waals surface area contributed by atoms with Gasteiger partial charge in [-0.05, 0) is 25.8 Å². The fourth-order valence-electron chi connectivity index (χ4n) is 2.89. The molecule has 1 heterocycles. The lowest BCUT2D eigenvalue weighted by Crippen LogP contribution is -2.54. The number of benzene rings is 1. The van der Waals surface area contributed by atoms with Crippen LogP contribution in [0.1, 0.15) is 37.8 Å². The largest absolute Gasteiger partial charge is 0.311 e. The van der Waals surface area contributed by atoms with Gasteiger partial charge in [-0.3, -0.25) is 4.90 Å². The van der Waals surface area contributed by atoms with Crippen molar-refractivity contribution in [3.05, 3.63) is 35.4 Å². The van der Waals surface area contributed by atoms with Gasteiger partial charge in [0.2, 0.25) is 0 Å². The summed E-state index contributed by atoms with van der Waals surface area (Å²) in [5.74, 6) is 0. The summed E-state index contributed by atoms with van der Waals surface area (Å²) < 4.78 is 0. The van der Waals surface area contributed by atoms with E-state index in [1.54, 1.807) is 0 Å². The fraction of sp³-hybridized carbons (Fsp3) is 0.625. The molecule has 1 aromatic rings. The molecule has 0 saturated carbocycles. The first-order chi connectivity index (χ1) is 8.69. The molecule has 1 N–H and O–H groups in total. The Bertz CT molecular complexity index is 375. The Hall–Kier alpha value is -0.860. The monoisotopic (exact) mass is 246 g/mol. The van der Waals surface area contributed by atoms with Gasteiger partial charge in [0.05, 0.1) is 0 Å². The van der Waals surface area contributed by atoms with Crippen molar-refractivity contribution in [2.45, 2.75) is 52.2 Å². The van der Waals surface area contributed by atoms with Crippen molar-refractivity contribution in [1.82, 2.24) is 10.2 Å². The maximum Gasteiger partial charge on any atom is 0.0237 e. The second kappa shape index (κ2) is 6.35. The lowest BCUT2D eigenvalue weighted by atomic mass is 10.0. The number of nitrogens with zero attached hydrogens (tertiary/aromatic N) is 1. The van der Waals surface area contributed by atoms with E-state index in [9.17, 15) is 0 Å². The Labute approximate surface area is 111 Å². The summed E-state index contributed by atoms with van der Waals surface area (Å²) in [7, 11) is 0. The second-order valence-electron chi connectivity index (χ2n) is 5.67. The van der Waals surface area contributed by atoms with Gasteiger partial charge < -0.3 is 5.32 Å². The summed E-state index contributed by atoms with van der Waals surface area (Å²) >= 11 is 0. The normalized spacial score (nSPS) is 25.3. The number of hydrogen-bond donors (Lipinski definition) is 1. The SMILES string of the molecule is CCCC1CNC(C)CN1Cc1cccc(C)c1. The molecule has 0 amide bonds. The number of piperazine rings is 1. The van der Waals surface area contributed by atoms with Crippen LogP contribution < -0.4 is 5.32 Å². The van der Waals surface area contributed by atoms with Crippen LogP contribution in [0.25, 0.3) is 0 Å². The zero-order valence-corrected chi connectivity index (χ0v) is 11.9. The van der Waals surface area contributed by atoms with Crippen LogP contribution in [0.2, 0.25) is 0 Å². The van der Waals surface area contributed by atoms with E-state index in [1.807, 2.05) is 0 Å². The Kier molecular flexibility index (Phi) is 4.79. The minimum Gasteiger partial charge on any atom is -0.311 e. The maximum atomic E-state index is 3.60. The molecule has 100 valence electrons. The standard InChI is InChI=1S/C16H26N2/c1-4-6-16-10-17-14(3)11-18(16)12-15-8-5-7-13(2)9-15/h5,7-9,14,16-17H,4,6,10-12H2,1-3H3. The molecular formula is C16H26N2. The summed E-state index contributed by atoms with van der Waals surface area (Å²) in [6.45, 7) is 10.1. The molecule has 2 rings (SSSR count). The zero-order valence-electron chi connectivity index (χ0n) is 11.9. The molecule has 1 aliphatic heterocycles. The average Bonchev–Trinajstić information content (AvgIpc) is 2.33. The molecular weight excluding hydrogens is 220 g/mol. The minimum atomic E-state index is 0.614. The van der Waals surface area contributed by atoms with Gasteiger partial charge in [0.15, 0.2) is 0 Å². The van der Waals surface area contributed by atoms with Gasteiger partial charge in [0.25, 0.3) is 0 Å². The van der Waals surface area contributed by atoms with E-state index in [2.05, 4.69) is 55.3 Å². The van der Waals surface area contributed by atoms with Gasteiger partial charge in [-0.15, -0.1) is 0 Å². The van der Waals surface area contributed by atoms with E-state index in [0.29, 0.717) is 12.1 Å². The second-order valence-corrected chi connectivity index (χ2v) is 5.67. The van der Waals surface area contributed by atoms with E-state index in [4.69, 9.17) is 0 Å². The predicted molar refractivity (Wildman–Crippen MR) is 77.7 cm³/mol. The molecule has 1 aliphatic rings. The van der Waals surface area contributed by atoms with Crippen LogP contribution in [0.3, 0.4) is 0 Å². The number of aryl methyl sites for hydroxylation is 1. The molecule has 18 heavy (non-hydrogen) atoms. The first kappa shape index (κ1) is 13.6. The topological polar surface area (TPSA) is 15.3 Å². The Morgan fingerprint density at radius 2 is 2.22 bits per heavy atom. The molecule has 1 saturated heterocycles. The van der Waals surface area contributed by atoms with Gasteiger partial charge in [-0.1, -0.05) is 43.2 Å². The molecule has 0 aliphatic carbocycles. The molecule has 0 spiro atoms. The van der Waals surface area contributed by atoms with E-state index < -0.39 is 0 Å². The first-order valence-corrected chi connectivity index (χ1v) is 7.22. The smallest absolute Gasteiger partial charge is 0.0237 e. The summed E-state index contributed by atoms with van der Waals surface area (Å²) in [5.41, 5.74) is 2.81. The molecule has 0 bridgehead atoms. The van der Waals surface area contributed by atoms with E-state index >= 15 is 0 Å². The zero-order chi connectivity index (χ0) is 13.0. The van der Waals surface area contributed by atoms with Crippen molar-refractivity contribution >= 4 is 0 Å². The number of rotatable bonds is 4. The third-order valence-electron chi connectivity index (χ3n) is 3.82. The highest BCUT2D eigenvalue weighted by Crippen LogP contribution is 2.16. The van der Waals surface area contributed by atoms with E-state index in [1.165, 1.54) is 30.5 Å². The van der Waals surface area contributed by atoms with Crippen LogP contribution in [0.4, 0.5) is 0 Å². The third kappa shape index (κ3) is 3.56. The molecule has 1 fully saturated rings. The summed E-state index contributed by atoms with van der Waals surface area (Å²) in [4.78, 5) is 2.65. The molecule has 2 nitrogen and oxygen atoms in total. The van der Waals surface area contributed by atoms with Crippen LogP contribution in [-0.2, 0) is 6.54 Å². The third-order valence-corrected chi connectivity index (χ3v) is 3.82. The highest BCUT2D eigenvalue weighted by molar-refractivity contribution is 5.22. The predicted octanol–water partition coefficient (Wildman–Crippen LogP) is 2.96. The van der Waals surface area contributed by atoms with Crippen LogP contribution in [0.5, 0.6) is 0 Å². The lowest BCUT2D eigenvalue weighted by molar-refractivity contribution is 0.120. The van der Waals surface area contributed by atoms with Crippen molar-refractivity contribution in [3.63, 3.8) is 0 Å². The summed E-state index contributed by atoms with van der Waals surface area (Å²) in [6, 6.07) is 10.2. The Balaban J connectivity index is 2.03. The van der Waals surface area contributed by atoms with Gasteiger partial charge in [0.1, 0.15) is 0 Å². The average molecular weight is 246 g/mol. The molecule has 0 aromatic heterocycles. The number of hydrogen-bond acceptors (Lipinski definition) is 2. The summed E-state index contributed by atoms with van der Waals surface area (Å²) in [6.07, 6.45) is 2.57. The van der Waals surface area contributed by atoms with Crippen molar-refractivity contribution in [1.29, 1.82) is 0 Å². The quantitative estimate of drug-likeness (QED) is 0.878. The first-order valence-electron chi connectivity index (χ1n) is 7.22. The van der Waals surface area contributed by atoms with Crippen LogP contribution in [0, 0.1) is 6.92 Å². The van der Waals surface area contributed by atoms with Gasteiger partial charge in [-0.25, -0.2) is 0 Å². The van der Waals surface area contributed by atoms with Crippen molar-refractivity contribution in [2.75, 3.05) is 13.1 Å². The fourth-order valence-corrected chi connectivity index (χ4v) is 2.89. The Morgan fingerprint density at radius 1 is 1.39 bits per heavy atom. The van der Waals surface area contributed by atoms with E-state index in [0.717, 1.165) is 13.1 Å². The van der Waals surface area contributed by atoms with Crippen molar-refractivity contribution in [3.8, 4) is 0 Å². The maximum absolute atomic E-state index is 3.60. The summed E-state index contributed by atoms with van der Waals surface area (Å²) in [5, 5.41) is 3.60. The molecule has 0 radical (unpaired) electrons. The van der Waals surface area contributed by atoms with Crippen LogP contribution >= 0.6 is 0 Å². The van der Waals surface area contributed by atoms with Crippen LogP contribution in [0.15, 0.2) is 24.3 Å². The minimum absolute atomic E-state index is 0.614. The number of nitrogens with one attached hydrogen (secondary N) is 1. The molecule has 2 unspecified atom stereocenters. The Morgan fingerprint density at radius 3 is 2.94 bits per heavy atom. The molecule has 2 atom stereocenters. The van der Waals surface area contributed by atoms with E-state index in [-0.39, 0.29) is 0 Å². The lowest BCUT2D eigenvalue weighted by Gasteiger charge is -2.39. The highest BCUT2D eigenvalue weighted by atomic mass is 15.2. The molecule has 2 heteroatoms. The van der Waals surface area contributed by atoms with Crippen molar-refractivity contribution < 1.29 is 0 Å². The van der Waals surface area contributed by atoms with Crippen molar-refractivity contribution in [2.24, 2.45) is 0 Å². The van der Waals surface area contributed by atoms with Gasteiger partial charge in [0, 0.05) is 31.7 Å². The highest BCUT2D eigenvalue weighted by Gasteiger charge is 2.24. The van der Waals surface area contributed by atoms with Crippen LogP contribution in [-0.4, -0.2) is 30.1 Å². The van der Waals surface area contributed by atoms with Gasteiger partial charge >= 0.3 is 0 Å². The van der Waals surface area contributed by atoms with Gasteiger partial charge in [-0.2, -0.15) is 0 Å².